The van der Waals surface area contributed by atoms with Crippen LogP contribution in [0.5, 0.6) is 0 Å². The summed E-state index contributed by atoms with van der Waals surface area (Å²) in [6.45, 7) is 2.20. The number of hydrogen-bond acceptors (Lipinski definition) is 5. The average molecular weight is 366 g/mol. The second-order valence-corrected chi connectivity index (χ2v) is 9.01. The number of thiophene rings is 2. The molecule has 0 saturated heterocycles. The maximum absolute atomic E-state index is 12.4. The van der Waals surface area contributed by atoms with Crippen molar-refractivity contribution in [2.75, 3.05) is 0 Å². The van der Waals surface area contributed by atoms with Gasteiger partial charge < -0.3 is 5.32 Å². The summed E-state index contributed by atoms with van der Waals surface area (Å²) in [7, 11) is -3.69. The molecule has 0 saturated carbocycles. The molecule has 3 rings (SSSR count). The van der Waals surface area contributed by atoms with Crippen LogP contribution in [-0.2, 0) is 16.6 Å². The van der Waals surface area contributed by atoms with Crippen molar-refractivity contribution in [3.63, 3.8) is 0 Å². The van der Waals surface area contributed by atoms with Gasteiger partial charge in [0.2, 0.25) is 10.0 Å². The lowest BCUT2D eigenvalue weighted by Gasteiger charge is -2.02. The van der Waals surface area contributed by atoms with Crippen molar-refractivity contribution >= 4 is 48.7 Å². The van der Waals surface area contributed by atoms with Crippen LogP contribution in [0.1, 0.15) is 20.1 Å². The normalized spacial score (nSPS) is 11.7. The Kier molecular flexibility index (Phi) is 4.24. The molecule has 1 aromatic carbocycles. The van der Waals surface area contributed by atoms with Crippen molar-refractivity contribution in [1.82, 2.24) is 5.32 Å². The Labute approximate surface area is 141 Å². The van der Waals surface area contributed by atoms with E-state index >= 15 is 0 Å². The highest BCUT2D eigenvalue weighted by Crippen LogP contribution is 2.30. The quantitative estimate of drug-likeness (QED) is 0.744. The largest absolute Gasteiger partial charge is 0.346 e. The van der Waals surface area contributed by atoms with Crippen molar-refractivity contribution in [2.24, 2.45) is 5.14 Å². The van der Waals surface area contributed by atoms with E-state index in [0.717, 1.165) is 31.9 Å². The number of hydrogen-bond donors (Lipinski definition) is 2. The SMILES string of the molecule is Cc1c(C(=O)NCc2ccc(S(N)(=O)=O)s2)sc2ccccc12. The highest BCUT2D eigenvalue weighted by Gasteiger charge is 2.16. The van der Waals surface area contributed by atoms with Crippen LogP contribution in [0.3, 0.4) is 0 Å². The summed E-state index contributed by atoms with van der Waals surface area (Å²) < 4.78 is 23.7. The monoisotopic (exact) mass is 366 g/mol. The van der Waals surface area contributed by atoms with Gasteiger partial charge >= 0.3 is 0 Å². The van der Waals surface area contributed by atoms with E-state index in [4.69, 9.17) is 5.14 Å². The third kappa shape index (κ3) is 3.30. The summed E-state index contributed by atoms with van der Waals surface area (Å²) in [6, 6.07) is 11.0. The number of fused-ring (bicyclic) bond motifs is 1. The van der Waals surface area contributed by atoms with E-state index < -0.39 is 10.0 Å². The topological polar surface area (TPSA) is 89.3 Å². The molecule has 3 N–H and O–H groups in total. The highest BCUT2D eigenvalue weighted by molar-refractivity contribution is 7.91. The molecule has 0 spiro atoms. The maximum Gasteiger partial charge on any atom is 0.261 e. The Morgan fingerprint density at radius 2 is 1.91 bits per heavy atom. The van der Waals surface area contributed by atoms with E-state index in [1.54, 1.807) is 6.07 Å². The van der Waals surface area contributed by atoms with E-state index in [9.17, 15) is 13.2 Å². The number of sulfonamides is 1. The predicted octanol–water partition coefficient (Wildman–Crippen LogP) is 2.85. The van der Waals surface area contributed by atoms with Crippen LogP contribution in [0.2, 0.25) is 0 Å². The van der Waals surface area contributed by atoms with Crippen LogP contribution in [0.25, 0.3) is 10.1 Å². The number of aryl methyl sites for hydroxylation is 1. The number of benzene rings is 1. The van der Waals surface area contributed by atoms with Gasteiger partial charge in [0.1, 0.15) is 4.21 Å². The van der Waals surface area contributed by atoms with Gasteiger partial charge in [0.05, 0.1) is 11.4 Å². The van der Waals surface area contributed by atoms with Crippen LogP contribution >= 0.6 is 22.7 Å². The molecule has 120 valence electrons. The minimum Gasteiger partial charge on any atom is -0.346 e. The lowest BCUT2D eigenvalue weighted by Crippen LogP contribution is -2.21. The van der Waals surface area contributed by atoms with Gasteiger partial charge in [-0.3, -0.25) is 4.79 Å². The first kappa shape index (κ1) is 16.1. The van der Waals surface area contributed by atoms with E-state index in [2.05, 4.69) is 5.32 Å². The standard InChI is InChI=1S/C15H14N2O3S3/c1-9-11-4-2-3-5-12(11)22-14(9)15(18)17-8-10-6-7-13(21-10)23(16,19)20/h2-7H,8H2,1H3,(H,17,18)(H2,16,19,20). The van der Waals surface area contributed by atoms with Gasteiger partial charge in [0.15, 0.2) is 0 Å². The summed E-state index contributed by atoms with van der Waals surface area (Å²) in [6.07, 6.45) is 0. The number of rotatable bonds is 4. The van der Waals surface area contributed by atoms with Gasteiger partial charge in [-0.1, -0.05) is 18.2 Å². The molecular weight excluding hydrogens is 352 g/mol. The molecule has 0 unspecified atom stereocenters. The molecule has 0 aliphatic carbocycles. The zero-order valence-electron chi connectivity index (χ0n) is 12.2. The molecule has 1 amide bonds. The van der Waals surface area contributed by atoms with Crippen molar-refractivity contribution in [3.05, 3.63) is 51.7 Å². The zero-order valence-corrected chi connectivity index (χ0v) is 14.6. The van der Waals surface area contributed by atoms with Crippen LogP contribution in [0, 0.1) is 6.92 Å². The van der Waals surface area contributed by atoms with E-state index in [-0.39, 0.29) is 16.7 Å². The van der Waals surface area contributed by atoms with Crippen LogP contribution in [-0.4, -0.2) is 14.3 Å². The Morgan fingerprint density at radius 1 is 1.17 bits per heavy atom. The minimum absolute atomic E-state index is 0.0970. The Balaban J connectivity index is 1.76. The third-order valence-electron chi connectivity index (χ3n) is 3.39. The third-order valence-corrected chi connectivity index (χ3v) is 7.19. The van der Waals surface area contributed by atoms with Crippen molar-refractivity contribution < 1.29 is 13.2 Å². The molecule has 2 aromatic heterocycles. The first-order valence-electron chi connectivity index (χ1n) is 6.74. The summed E-state index contributed by atoms with van der Waals surface area (Å²) in [5.74, 6) is -0.158. The fraction of sp³-hybridized carbons (Fsp3) is 0.133. The summed E-state index contributed by atoms with van der Waals surface area (Å²) >= 11 is 2.51. The van der Waals surface area contributed by atoms with E-state index in [1.807, 2.05) is 31.2 Å². The van der Waals surface area contributed by atoms with E-state index in [1.165, 1.54) is 17.4 Å². The second-order valence-electron chi connectivity index (χ2n) is 5.00. The summed E-state index contributed by atoms with van der Waals surface area (Å²) in [4.78, 5) is 13.8. The van der Waals surface area contributed by atoms with Crippen molar-refractivity contribution in [3.8, 4) is 0 Å². The Hall–Kier alpha value is -1.74. The van der Waals surface area contributed by atoms with E-state index in [0.29, 0.717) is 4.88 Å². The number of amides is 1. The van der Waals surface area contributed by atoms with Gasteiger partial charge in [-0.15, -0.1) is 22.7 Å². The number of nitrogens with one attached hydrogen (secondary N) is 1. The van der Waals surface area contributed by atoms with Crippen molar-refractivity contribution in [1.29, 1.82) is 0 Å². The lowest BCUT2D eigenvalue weighted by molar-refractivity contribution is 0.0955. The molecule has 3 aromatic rings. The average Bonchev–Trinajstić information content (AvgIpc) is 3.10. The molecule has 8 heteroatoms. The molecule has 0 aliphatic rings. The highest BCUT2D eigenvalue weighted by atomic mass is 32.2. The maximum atomic E-state index is 12.4. The predicted molar refractivity (Wildman–Crippen MR) is 93.4 cm³/mol. The van der Waals surface area contributed by atoms with Gasteiger partial charge in [0, 0.05) is 9.58 Å². The zero-order chi connectivity index (χ0) is 16.6. The van der Waals surface area contributed by atoms with Crippen molar-refractivity contribution in [2.45, 2.75) is 17.7 Å². The first-order valence-corrected chi connectivity index (χ1v) is 9.92. The number of nitrogens with two attached hydrogens (primary N) is 1. The van der Waals surface area contributed by atoms with Gasteiger partial charge in [0.25, 0.3) is 5.91 Å². The molecular formula is C15H14N2O3S3. The molecule has 5 nitrogen and oxygen atoms in total. The second kappa shape index (κ2) is 6.04. The van der Waals surface area contributed by atoms with Gasteiger partial charge in [-0.2, -0.15) is 0 Å². The van der Waals surface area contributed by atoms with Crippen LogP contribution in [0.15, 0.2) is 40.6 Å². The minimum atomic E-state index is -3.69. The van der Waals surface area contributed by atoms with Gasteiger partial charge in [-0.05, 0) is 36.1 Å². The first-order chi connectivity index (χ1) is 10.9. The number of primary sulfonamides is 1. The fourth-order valence-electron chi connectivity index (χ4n) is 2.24. The van der Waals surface area contributed by atoms with Crippen LogP contribution in [0.4, 0.5) is 0 Å². The molecule has 0 fully saturated rings. The molecule has 0 bridgehead atoms. The Morgan fingerprint density at radius 3 is 2.57 bits per heavy atom. The summed E-state index contributed by atoms with van der Waals surface area (Å²) in [5, 5.41) is 8.98. The van der Waals surface area contributed by atoms with Crippen LogP contribution < -0.4 is 10.5 Å². The lowest BCUT2D eigenvalue weighted by atomic mass is 10.1. The van der Waals surface area contributed by atoms with Gasteiger partial charge in [-0.25, -0.2) is 13.6 Å². The summed E-state index contributed by atoms with van der Waals surface area (Å²) in [5.41, 5.74) is 0.958. The number of carbonyl (C=O) groups excluding carboxylic acids is 1. The molecule has 23 heavy (non-hydrogen) atoms. The smallest absolute Gasteiger partial charge is 0.261 e. The molecule has 0 radical (unpaired) electrons. The fourth-order valence-corrected chi connectivity index (χ4v) is 5.09. The molecule has 0 atom stereocenters. The molecule has 2 heterocycles. The number of carbonyl (C=O) groups is 1. The molecule has 0 aliphatic heterocycles. The Bertz CT molecular complexity index is 986.